The van der Waals surface area contributed by atoms with Crippen molar-refractivity contribution in [3.05, 3.63) is 48.6 Å². The fraction of sp³-hybridized carbons (Fsp3) is 0.875. The van der Waals surface area contributed by atoms with Gasteiger partial charge in [0.15, 0.2) is 6.10 Å². The lowest BCUT2D eigenvalue weighted by Crippen LogP contribution is -2.40. The summed E-state index contributed by atoms with van der Waals surface area (Å²) in [6.45, 7) is 4.85. The smallest absolute Gasteiger partial charge is 0.361 e. The average Bonchev–Trinajstić information content (AvgIpc) is 2.39. The highest BCUT2D eigenvalue weighted by Gasteiger charge is 2.25. The second-order valence-corrected chi connectivity index (χ2v) is 30.5. The van der Waals surface area contributed by atoms with Crippen LogP contribution in [0.4, 0.5) is 0 Å². The summed E-state index contributed by atoms with van der Waals surface area (Å²) < 4.78 is 23.1. The number of carbonyl (C=O) groups excluding carboxylic acids is 2. The molecular formula is C88H166NO8+. The van der Waals surface area contributed by atoms with Gasteiger partial charge >= 0.3 is 17.9 Å². The molecule has 97 heavy (non-hydrogen) atoms. The van der Waals surface area contributed by atoms with Crippen molar-refractivity contribution in [2.45, 2.75) is 450 Å². The summed E-state index contributed by atoms with van der Waals surface area (Å²) in [6.07, 6.45) is 102. The van der Waals surface area contributed by atoms with Crippen LogP contribution in [0, 0.1) is 0 Å². The maximum absolute atomic E-state index is 13.0. The first-order valence-corrected chi connectivity index (χ1v) is 42.8. The largest absolute Gasteiger partial charge is 0.477 e. The molecule has 1 N–H and O–H groups in total. The van der Waals surface area contributed by atoms with E-state index in [1.165, 1.54) is 347 Å². The van der Waals surface area contributed by atoms with E-state index in [0.29, 0.717) is 17.4 Å². The molecule has 9 heteroatoms. The van der Waals surface area contributed by atoms with E-state index >= 15 is 0 Å². The van der Waals surface area contributed by atoms with Crippen LogP contribution < -0.4 is 0 Å². The lowest BCUT2D eigenvalue weighted by atomic mass is 10.0. The standard InChI is InChI=1S/C88H165NO8/c1-6-8-10-12-14-16-18-20-22-24-26-28-30-32-34-36-38-39-40-41-42-43-44-45-46-47-49-50-52-54-56-58-60-62-64-66-68-70-72-74-76-78-85(90)95-82-84(83-96-88(87(92)93)94-81-80-89(3,4)5)97-86(91)79-77-75-73-71-69-67-65-63-61-59-57-55-53-51-48-37-35-33-31-29-27-25-23-21-19-17-15-13-11-9-7-2/h9,11,15,17,21,23,27,29,84,88H,6-8,10,12-14,16,18-20,22,24-26,28,30-83H2,1-5H3/p+1/b11-9-,17-15-,23-21-,29-27-. The van der Waals surface area contributed by atoms with Crippen molar-refractivity contribution in [1.82, 2.24) is 0 Å². The van der Waals surface area contributed by atoms with Crippen LogP contribution in [0.5, 0.6) is 0 Å². The van der Waals surface area contributed by atoms with Gasteiger partial charge in [-0.1, -0.05) is 422 Å². The Bertz CT molecular complexity index is 1730. The molecule has 0 heterocycles. The first-order valence-electron chi connectivity index (χ1n) is 42.8. The Balaban J connectivity index is 3.90. The number of carboxylic acid groups (broad SMARTS) is 1. The third-order valence-electron chi connectivity index (χ3n) is 19.6. The van der Waals surface area contributed by atoms with Crippen molar-refractivity contribution in [3.8, 4) is 0 Å². The highest BCUT2D eigenvalue weighted by Crippen LogP contribution is 2.21. The van der Waals surface area contributed by atoms with E-state index in [2.05, 4.69) is 62.5 Å². The molecule has 0 radical (unpaired) electrons. The van der Waals surface area contributed by atoms with Crippen LogP contribution in [-0.4, -0.2) is 87.4 Å². The Morgan fingerprint density at radius 1 is 0.320 bits per heavy atom. The van der Waals surface area contributed by atoms with Crippen LogP contribution >= 0.6 is 0 Å². The number of nitrogens with zero attached hydrogens (tertiary/aromatic N) is 1. The fourth-order valence-corrected chi connectivity index (χ4v) is 13.1. The van der Waals surface area contributed by atoms with Crippen molar-refractivity contribution in [2.75, 3.05) is 47.5 Å². The molecule has 0 amide bonds. The van der Waals surface area contributed by atoms with Gasteiger partial charge in [-0.3, -0.25) is 9.59 Å². The second kappa shape index (κ2) is 79.0. The monoisotopic (exact) mass is 1370 g/mol. The minimum atomic E-state index is -1.51. The number of carbonyl (C=O) groups is 3. The Morgan fingerprint density at radius 3 is 0.876 bits per heavy atom. The topological polar surface area (TPSA) is 108 Å². The van der Waals surface area contributed by atoms with Gasteiger partial charge in [-0.2, -0.15) is 0 Å². The quantitative estimate of drug-likeness (QED) is 0.0211. The summed E-state index contributed by atoms with van der Waals surface area (Å²) in [5.74, 6) is -1.97. The number of unbranched alkanes of at least 4 members (excludes halogenated alkanes) is 58. The van der Waals surface area contributed by atoms with Crippen molar-refractivity contribution in [3.63, 3.8) is 0 Å². The van der Waals surface area contributed by atoms with E-state index in [9.17, 15) is 19.5 Å². The minimum absolute atomic E-state index is 0.176. The molecular weight excluding hydrogens is 1200 g/mol. The predicted octanol–water partition coefficient (Wildman–Crippen LogP) is 27.6. The first-order chi connectivity index (χ1) is 47.6. The number of ether oxygens (including phenoxy) is 4. The van der Waals surface area contributed by atoms with Crippen LogP contribution in [0.2, 0.25) is 0 Å². The molecule has 570 valence electrons. The highest BCUT2D eigenvalue weighted by molar-refractivity contribution is 5.71. The lowest BCUT2D eigenvalue weighted by Gasteiger charge is -2.25. The number of hydrogen-bond acceptors (Lipinski definition) is 7. The van der Waals surface area contributed by atoms with Crippen molar-refractivity contribution < 1.29 is 42.9 Å². The van der Waals surface area contributed by atoms with Gasteiger partial charge in [0.05, 0.1) is 34.4 Å². The number of hydrogen-bond donors (Lipinski definition) is 1. The van der Waals surface area contributed by atoms with Gasteiger partial charge < -0.3 is 28.5 Å². The number of rotatable bonds is 81. The number of quaternary nitrogens is 1. The molecule has 0 fully saturated rings. The van der Waals surface area contributed by atoms with Gasteiger partial charge in [0.25, 0.3) is 6.29 Å². The van der Waals surface area contributed by atoms with Gasteiger partial charge in [0.2, 0.25) is 0 Å². The molecule has 9 nitrogen and oxygen atoms in total. The molecule has 0 aliphatic heterocycles. The number of aliphatic carboxylic acids is 1. The number of likely N-dealkylation sites (N-methyl/N-ethyl adjacent to an activating group) is 1. The van der Waals surface area contributed by atoms with Crippen LogP contribution in [0.15, 0.2) is 48.6 Å². The van der Waals surface area contributed by atoms with E-state index in [1.54, 1.807) is 0 Å². The SMILES string of the molecule is CC/C=C\C/C=C\C/C=C\C/C=C\CCCCCCCCCCCCCCCCCCCCC(=O)OC(COC(=O)CCCCCCCCCCCCCCCCCCCCCCCCCCCCCCCCCCCCCCCCCCC)COC(OCC[N+](C)(C)C)C(=O)O. The van der Waals surface area contributed by atoms with Crippen LogP contribution in [-0.2, 0) is 33.3 Å². The minimum Gasteiger partial charge on any atom is -0.477 e. The molecule has 0 aromatic rings. The summed E-state index contributed by atoms with van der Waals surface area (Å²) in [5.41, 5.74) is 0. The highest BCUT2D eigenvalue weighted by atomic mass is 16.7. The van der Waals surface area contributed by atoms with Gasteiger partial charge in [-0.15, -0.1) is 0 Å². The van der Waals surface area contributed by atoms with E-state index in [-0.39, 0.29) is 38.2 Å². The second-order valence-electron chi connectivity index (χ2n) is 30.5. The van der Waals surface area contributed by atoms with Gasteiger partial charge in [0, 0.05) is 12.8 Å². The molecule has 0 aromatic heterocycles. The van der Waals surface area contributed by atoms with Crippen molar-refractivity contribution in [2.24, 2.45) is 0 Å². The maximum Gasteiger partial charge on any atom is 0.361 e. The lowest BCUT2D eigenvalue weighted by molar-refractivity contribution is -0.870. The molecule has 0 aliphatic rings. The van der Waals surface area contributed by atoms with E-state index in [1.807, 2.05) is 21.1 Å². The Labute approximate surface area is 603 Å². The zero-order valence-electron chi connectivity index (χ0n) is 65.5. The first kappa shape index (κ1) is 94.2. The van der Waals surface area contributed by atoms with E-state index < -0.39 is 18.4 Å². The van der Waals surface area contributed by atoms with Crippen LogP contribution in [0.3, 0.4) is 0 Å². The molecule has 0 rings (SSSR count). The summed E-state index contributed by atoms with van der Waals surface area (Å²) in [4.78, 5) is 37.8. The van der Waals surface area contributed by atoms with Crippen LogP contribution in [0.25, 0.3) is 0 Å². The Morgan fingerprint density at radius 2 is 0.588 bits per heavy atom. The Hall–Kier alpha value is -2.75. The normalized spacial score (nSPS) is 12.8. The third-order valence-corrected chi connectivity index (χ3v) is 19.6. The van der Waals surface area contributed by atoms with E-state index in [0.717, 1.165) is 64.2 Å². The fourth-order valence-electron chi connectivity index (χ4n) is 13.1. The summed E-state index contributed by atoms with van der Waals surface area (Å²) in [6, 6.07) is 0. The average molecular weight is 1370 g/mol. The maximum atomic E-state index is 13.0. The molecule has 0 spiro atoms. The summed E-state index contributed by atoms with van der Waals surface area (Å²) in [7, 11) is 6.00. The summed E-state index contributed by atoms with van der Waals surface area (Å²) >= 11 is 0. The summed E-state index contributed by atoms with van der Waals surface area (Å²) in [5, 5.41) is 9.78. The van der Waals surface area contributed by atoms with Crippen LogP contribution in [0.1, 0.15) is 438 Å². The van der Waals surface area contributed by atoms with Crippen molar-refractivity contribution in [1.29, 1.82) is 0 Å². The molecule has 0 saturated heterocycles. The molecule has 0 aromatic carbocycles. The third kappa shape index (κ3) is 80.4. The molecule has 0 bridgehead atoms. The zero-order valence-corrected chi connectivity index (χ0v) is 65.5. The van der Waals surface area contributed by atoms with Gasteiger partial charge in [0.1, 0.15) is 13.2 Å². The molecule has 2 unspecified atom stereocenters. The van der Waals surface area contributed by atoms with Crippen molar-refractivity contribution >= 4 is 17.9 Å². The predicted molar refractivity (Wildman–Crippen MR) is 420 cm³/mol. The van der Waals surface area contributed by atoms with Gasteiger partial charge in [-0.25, -0.2) is 4.79 Å². The number of esters is 2. The van der Waals surface area contributed by atoms with Gasteiger partial charge in [-0.05, 0) is 51.4 Å². The molecule has 0 saturated carbocycles. The molecule has 2 atom stereocenters. The number of carboxylic acids is 1. The number of allylic oxidation sites excluding steroid dienone is 8. The molecule has 0 aliphatic carbocycles. The Kier molecular flexibility index (Phi) is 76.7. The zero-order chi connectivity index (χ0) is 70.4. The van der Waals surface area contributed by atoms with E-state index in [4.69, 9.17) is 18.9 Å².